The summed E-state index contributed by atoms with van der Waals surface area (Å²) in [5.41, 5.74) is 1.61. The Balaban J connectivity index is 1.60. The zero-order chi connectivity index (χ0) is 17.1. The van der Waals surface area contributed by atoms with Crippen molar-refractivity contribution in [2.24, 2.45) is 0 Å². The Bertz CT molecular complexity index is 840. The molecule has 2 aromatic heterocycles. The van der Waals surface area contributed by atoms with Crippen molar-refractivity contribution in [2.45, 2.75) is 38.1 Å². The van der Waals surface area contributed by atoms with E-state index in [9.17, 15) is 0 Å². The number of nitrogens with zero attached hydrogens (tertiary/aromatic N) is 2. The van der Waals surface area contributed by atoms with E-state index in [4.69, 9.17) is 5.26 Å². The zero-order valence-electron chi connectivity index (χ0n) is 13.8. The Hall–Kier alpha value is -2.80. The third-order valence-electron chi connectivity index (χ3n) is 4.58. The van der Waals surface area contributed by atoms with Gasteiger partial charge in [0.2, 0.25) is 5.95 Å². The maximum absolute atomic E-state index is 8.65. The Kier molecular flexibility index (Phi) is 4.39. The molecule has 1 aromatic carbocycles. The van der Waals surface area contributed by atoms with Crippen LogP contribution in [0.4, 0.5) is 17.5 Å². The normalized spacial score (nSPS) is 15.2. The quantitative estimate of drug-likeness (QED) is 0.409. The van der Waals surface area contributed by atoms with Crippen LogP contribution < -0.4 is 15.5 Å². The SMILES string of the molecule is OOc1ccc(Nc2nc(NC3CCCCC3)c3cc[nH]c3n2)cc1. The average molecular weight is 339 g/mol. The summed E-state index contributed by atoms with van der Waals surface area (Å²) in [6, 6.07) is 9.38. The van der Waals surface area contributed by atoms with Gasteiger partial charge in [0.15, 0.2) is 5.75 Å². The Morgan fingerprint density at radius 2 is 1.84 bits per heavy atom. The predicted molar refractivity (Wildman–Crippen MR) is 97.4 cm³/mol. The minimum atomic E-state index is 0.381. The highest BCUT2D eigenvalue weighted by molar-refractivity contribution is 5.88. The van der Waals surface area contributed by atoms with Crippen LogP contribution >= 0.6 is 0 Å². The van der Waals surface area contributed by atoms with Gasteiger partial charge in [-0.05, 0) is 43.2 Å². The first kappa shape index (κ1) is 15.7. The molecule has 0 unspecified atom stereocenters. The van der Waals surface area contributed by atoms with Crippen molar-refractivity contribution in [2.75, 3.05) is 10.6 Å². The van der Waals surface area contributed by atoms with Crippen molar-refractivity contribution >= 4 is 28.5 Å². The Labute approximate surface area is 145 Å². The molecule has 0 atom stereocenters. The van der Waals surface area contributed by atoms with E-state index in [1.165, 1.54) is 32.1 Å². The largest absolute Gasteiger partial charge is 0.367 e. The van der Waals surface area contributed by atoms with E-state index >= 15 is 0 Å². The first-order valence-corrected chi connectivity index (χ1v) is 8.62. The Morgan fingerprint density at radius 1 is 1.04 bits per heavy atom. The van der Waals surface area contributed by atoms with Gasteiger partial charge in [-0.1, -0.05) is 19.3 Å². The molecule has 0 bridgehead atoms. The van der Waals surface area contributed by atoms with Crippen molar-refractivity contribution in [3.8, 4) is 5.75 Å². The first-order chi connectivity index (χ1) is 12.3. The summed E-state index contributed by atoms with van der Waals surface area (Å²) in [4.78, 5) is 16.6. The minimum Gasteiger partial charge on any atom is -0.367 e. The van der Waals surface area contributed by atoms with E-state index in [0.717, 1.165) is 22.5 Å². The fourth-order valence-corrected chi connectivity index (χ4v) is 3.28. The summed E-state index contributed by atoms with van der Waals surface area (Å²) < 4.78 is 0. The van der Waals surface area contributed by atoms with Crippen LogP contribution in [0.2, 0.25) is 0 Å². The van der Waals surface area contributed by atoms with Crippen LogP contribution in [-0.4, -0.2) is 26.3 Å². The number of hydrogen-bond acceptors (Lipinski definition) is 6. The smallest absolute Gasteiger partial charge is 0.231 e. The number of H-pyrrole nitrogens is 1. The highest BCUT2D eigenvalue weighted by Gasteiger charge is 2.16. The molecular formula is C18H21N5O2. The molecule has 1 aliphatic rings. The third kappa shape index (κ3) is 3.51. The van der Waals surface area contributed by atoms with Crippen LogP contribution in [0.5, 0.6) is 5.75 Å². The van der Waals surface area contributed by atoms with E-state index in [1.54, 1.807) is 24.3 Å². The molecule has 1 aliphatic carbocycles. The molecule has 0 amide bonds. The van der Waals surface area contributed by atoms with E-state index in [-0.39, 0.29) is 0 Å². The van der Waals surface area contributed by atoms with E-state index in [0.29, 0.717) is 17.7 Å². The van der Waals surface area contributed by atoms with Gasteiger partial charge >= 0.3 is 0 Å². The highest BCUT2D eigenvalue weighted by Crippen LogP contribution is 2.27. The minimum absolute atomic E-state index is 0.381. The average Bonchev–Trinajstić information content (AvgIpc) is 3.12. The molecule has 0 saturated heterocycles. The molecule has 0 aliphatic heterocycles. The molecule has 0 spiro atoms. The maximum atomic E-state index is 8.65. The second-order valence-corrected chi connectivity index (χ2v) is 6.36. The number of aromatic nitrogens is 3. The van der Waals surface area contributed by atoms with Gasteiger partial charge in [0, 0.05) is 17.9 Å². The molecule has 0 radical (unpaired) electrons. The topological polar surface area (TPSA) is 95.1 Å². The fourth-order valence-electron chi connectivity index (χ4n) is 3.28. The second-order valence-electron chi connectivity index (χ2n) is 6.36. The molecule has 4 N–H and O–H groups in total. The number of anilines is 3. The zero-order valence-corrected chi connectivity index (χ0v) is 13.8. The predicted octanol–water partition coefficient (Wildman–Crippen LogP) is 4.30. The summed E-state index contributed by atoms with van der Waals surface area (Å²) in [7, 11) is 0. The highest BCUT2D eigenvalue weighted by atomic mass is 17.1. The number of aromatic amines is 1. The van der Waals surface area contributed by atoms with Crippen LogP contribution in [0.1, 0.15) is 32.1 Å². The van der Waals surface area contributed by atoms with Crippen LogP contribution in [0.25, 0.3) is 11.0 Å². The molecule has 25 heavy (non-hydrogen) atoms. The summed E-state index contributed by atoms with van der Waals surface area (Å²) in [5.74, 6) is 1.76. The van der Waals surface area contributed by atoms with Gasteiger partial charge in [0.05, 0.1) is 5.39 Å². The van der Waals surface area contributed by atoms with Gasteiger partial charge in [0.1, 0.15) is 11.5 Å². The van der Waals surface area contributed by atoms with E-state index < -0.39 is 0 Å². The van der Waals surface area contributed by atoms with Crippen molar-refractivity contribution in [1.29, 1.82) is 0 Å². The summed E-state index contributed by atoms with van der Waals surface area (Å²) in [6.45, 7) is 0. The standard InChI is InChI=1S/C18H21N5O2/c24-25-14-8-6-13(7-9-14)21-18-22-16-15(10-11-19-16)17(23-18)20-12-4-2-1-3-5-12/h6-12,24H,1-5H2,(H3,19,20,21,22,23). The van der Waals surface area contributed by atoms with Crippen LogP contribution in [0.3, 0.4) is 0 Å². The molecular weight excluding hydrogens is 318 g/mol. The van der Waals surface area contributed by atoms with Gasteiger partial charge in [-0.2, -0.15) is 9.97 Å². The lowest BCUT2D eigenvalue weighted by Crippen LogP contribution is -2.23. The molecule has 130 valence electrons. The summed E-state index contributed by atoms with van der Waals surface area (Å²) in [6.07, 6.45) is 8.10. The molecule has 2 heterocycles. The van der Waals surface area contributed by atoms with Gasteiger partial charge in [0.25, 0.3) is 0 Å². The second kappa shape index (κ2) is 6.98. The molecule has 1 saturated carbocycles. The number of benzene rings is 1. The lowest BCUT2D eigenvalue weighted by molar-refractivity contribution is -0.137. The van der Waals surface area contributed by atoms with Gasteiger partial charge < -0.3 is 20.5 Å². The van der Waals surface area contributed by atoms with Crippen molar-refractivity contribution in [3.63, 3.8) is 0 Å². The van der Waals surface area contributed by atoms with Crippen molar-refractivity contribution in [1.82, 2.24) is 15.0 Å². The molecule has 7 nitrogen and oxygen atoms in total. The van der Waals surface area contributed by atoms with Crippen LogP contribution in [0, 0.1) is 0 Å². The van der Waals surface area contributed by atoms with Crippen molar-refractivity contribution < 1.29 is 10.1 Å². The molecule has 4 rings (SSSR count). The molecule has 1 fully saturated rings. The molecule has 7 heteroatoms. The van der Waals surface area contributed by atoms with Gasteiger partial charge in [-0.3, -0.25) is 0 Å². The fraction of sp³-hybridized carbons (Fsp3) is 0.333. The monoisotopic (exact) mass is 339 g/mol. The van der Waals surface area contributed by atoms with Gasteiger partial charge in [-0.15, -0.1) is 0 Å². The number of hydrogen-bond donors (Lipinski definition) is 4. The number of rotatable bonds is 5. The Morgan fingerprint density at radius 3 is 2.60 bits per heavy atom. The first-order valence-electron chi connectivity index (χ1n) is 8.62. The van der Waals surface area contributed by atoms with Crippen LogP contribution in [-0.2, 0) is 0 Å². The number of fused-ring (bicyclic) bond motifs is 1. The molecule has 3 aromatic rings. The van der Waals surface area contributed by atoms with E-state index in [2.05, 4.69) is 30.5 Å². The van der Waals surface area contributed by atoms with Gasteiger partial charge in [-0.25, -0.2) is 5.26 Å². The maximum Gasteiger partial charge on any atom is 0.231 e. The van der Waals surface area contributed by atoms with Crippen LogP contribution in [0.15, 0.2) is 36.5 Å². The lowest BCUT2D eigenvalue weighted by Gasteiger charge is -2.23. The number of nitrogens with one attached hydrogen (secondary N) is 3. The van der Waals surface area contributed by atoms with Crippen molar-refractivity contribution in [3.05, 3.63) is 36.5 Å². The summed E-state index contributed by atoms with van der Waals surface area (Å²) >= 11 is 0. The third-order valence-corrected chi connectivity index (χ3v) is 4.58. The summed E-state index contributed by atoms with van der Waals surface area (Å²) in [5, 5.41) is 16.4. The lowest BCUT2D eigenvalue weighted by atomic mass is 9.95. The van der Waals surface area contributed by atoms with E-state index in [1.807, 2.05) is 12.3 Å².